The van der Waals surface area contributed by atoms with Crippen molar-refractivity contribution in [3.05, 3.63) is 0 Å². The molecule has 58 valence electrons. The number of hydrogen-bond acceptors (Lipinski definition) is 2. The van der Waals surface area contributed by atoms with Crippen LogP contribution in [0.1, 0.15) is 20.8 Å². The van der Waals surface area contributed by atoms with Gasteiger partial charge in [0.05, 0.1) is 6.10 Å². The fourth-order valence-corrected chi connectivity index (χ4v) is 0.371. The van der Waals surface area contributed by atoms with Crippen LogP contribution in [0.4, 0.5) is 0 Å². The zero-order chi connectivity index (χ0) is 7.70. The third-order valence-electron chi connectivity index (χ3n) is 0.894. The Morgan fingerprint density at radius 2 is 1.89 bits per heavy atom. The van der Waals surface area contributed by atoms with Crippen LogP contribution in [-0.4, -0.2) is 26.8 Å². The average molecular weight is 133 g/mol. The molecule has 0 aromatic carbocycles. The van der Waals surface area contributed by atoms with E-state index in [1.807, 2.05) is 27.8 Å². The lowest BCUT2D eigenvalue weighted by molar-refractivity contribution is 0.119. The lowest BCUT2D eigenvalue weighted by Gasteiger charge is -2.05. The highest BCUT2D eigenvalue weighted by Gasteiger charge is 1.92. The predicted octanol–water partition coefficient (Wildman–Crippen LogP) is 1.27. The molecular formula is C7H19NO. The molecule has 0 radical (unpaired) electrons. The van der Waals surface area contributed by atoms with Gasteiger partial charge in [-0.3, -0.25) is 0 Å². The van der Waals surface area contributed by atoms with Crippen LogP contribution < -0.4 is 5.32 Å². The Labute approximate surface area is 58.6 Å². The highest BCUT2D eigenvalue weighted by Crippen LogP contribution is 1.80. The second-order valence-corrected chi connectivity index (χ2v) is 1.60. The summed E-state index contributed by atoms with van der Waals surface area (Å²) < 4.78 is 4.93. The summed E-state index contributed by atoms with van der Waals surface area (Å²) in [6, 6.07) is 0. The molecule has 0 heterocycles. The third-order valence-corrected chi connectivity index (χ3v) is 0.894. The Morgan fingerprint density at radius 3 is 2.00 bits per heavy atom. The molecule has 0 aromatic rings. The van der Waals surface area contributed by atoms with Crippen LogP contribution in [0.5, 0.6) is 0 Å². The van der Waals surface area contributed by atoms with E-state index >= 15 is 0 Å². The first-order valence-electron chi connectivity index (χ1n) is 3.48. The summed E-state index contributed by atoms with van der Waals surface area (Å²) >= 11 is 0. The highest BCUT2D eigenvalue weighted by atomic mass is 16.5. The number of ether oxygens (including phenoxy) is 1. The summed E-state index contributed by atoms with van der Waals surface area (Å²) in [6.45, 7) is 6.95. The van der Waals surface area contributed by atoms with Gasteiger partial charge in [0.2, 0.25) is 0 Å². The van der Waals surface area contributed by atoms with E-state index in [4.69, 9.17) is 4.74 Å². The lowest BCUT2D eigenvalue weighted by atomic mass is 10.4. The molecule has 2 heteroatoms. The van der Waals surface area contributed by atoms with Gasteiger partial charge < -0.3 is 10.1 Å². The molecule has 0 bridgehead atoms. The molecule has 0 aliphatic heterocycles. The van der Waals surface area contributed by atoms with Crippen LogP contribution in [0.25, 0.3) is 0 Å². The largest absolute Gasteiger partial charge is 0.380 e. The van der Waals surface area contributed by atoms with Gasteiger partial charge in [-0.15, -0.1) is 0 Å². The minimum Gasteiger partial charge on any atom is -0.380 e. The fraction of sp³-hybridized carbons (Fsp3) is 1.00. The van der Waals surface area contributed by atoms with Crippen LogP contribution in [0.2, 0.25) is 0 Å². The Morgan fingerprint density at radius 1 is 1.44 bits per heavy atom. The van der Waals surface area contributed by atoms with E-state index in [-0.39, 0.29) is 0 Å². The van der Waals surface area contributed by atoms with Crippen molar-refractivity contribution < 1.29 is 4.74 Å². The van der Waals surface area contributed by atoms with Crippen molar-refractivity contribution in [2.45, 2.75) is 26.9 Å². The molecular weight excluding hydrogens is 114 g/mol. The molecule has 0 amide bonds. The highest BCUT2D eigenvalue weighted by molar-refractivity contribution is 4.48. The van der Waals surface area contributed by atoms with Crippen molar-refractivity contribution in [3.63, 3.8) is 0 Å². The van der Waals surface area contributed by atoms with Gasteiger partial charge in [-0.1, -0.05) is 13.8 Å². The van der Waals surface area contributed by atoms with E-state index in [1.54, 1.807) is 7.11 Å². The quantitative estimate of drug-likeness (QED) is 0.626. The smallest absolute Gasteiger partial charge is 0.0667 e. The molecule has 1 N–H and O–H groups in total. The Balaban J connectivity index is 0. The fourth-order valence-electron chi connectivity index (χ4n) is 0.371. The second kappa shape index (κ2) is 10.8. The molecule has 0 aliphatic carbocycles. The minimum absolute atomic E-state index is 0.338. The summed E-state index contributed by atoms with van der Waals surface area (Å²) in [5, 5.41) is 2.99. The van der Waals surface area contributed by atoms with Crippen molar-refractivity contribution in [1.82, 2.24) is 5.32 Å². The standard InChI is InChI=1S/C5H13NO.C2H6/c1-5(7-3)4-6-2;1-2/h5-6H,4H2,1-3H3;1-2H3. The number of methoxy groups -OCH3 is 1. The third kappa shape index (κ3) is 11.5. The van der Waals surface area contributed by atoms with E-state index in [9.17, 15) is 0 Å². The molecule has 0 saturated heterocycles. The second-order valence-electron chi connectivity index (χ2n) is 1.60. The van der Waals surface area contributed by atoms with Crippen molar-refractivity contribution in [2.75, 3.05) is 20.7 Å². The van der Waals surface area contributed by atoms with Crippen molar-refractivity contribution in [1.29, 1.82) is 0 Å². The molecule has 1 unspecified atom stereocenters. The summed E-state index contributed by atoms with van der Waals surface area (Å²) in [6.07, 6.45) is 0.338. The summed E-state index contributed by atoms with van der Waals surface area (Å²) in [7, 11) is 3.62. The number of hydrogen-bond donors (Lipinski definition) is 1. The van der Waals surface area contributed by atoms with Crippen LogP contribution in [-0.2, 0) is 4.74 Å². The van der Waals surface area contributed by atoms with E-state index < -0.39 is 0 Å². The van der Waals surface area contributed by atoms with Crippen molar-refractivity contribution in [3.8, 4) is 0 Å². The molecule has 0 rings (SSSR count). The van der Waals surface area contributed by atoms with Gasteiger partial charge in [0.15, 0.2) is 0 Å². The molecule has 0 saturated carbocycles. The number of nitrogens with one attached hydrogen (secondary N) is 1. The zero-order valence-corrected chi connectivity index (χ0v) is 7.19. The van der Waals surface area contributed by atoms with Crippen molar-refractivity contribution in [2.24, 2.45) is 0 Å². The molecule has 0 spiro atoms. The molecule has 0 fully saturated rings. The van der Waals surface area contributed by atoms with Gasteiger partial charge in [0.1, 0.15) is 0 Å². The Hall–Kier alpha value is -0.0800. The summed E-state index contributed by atoms with van der Waals surface area (Å²) in [5.74, 6) is 0. The van der Waals surface area contributed by atoms with Crippen LogP contribution >= 0.6 is 0 Å². The average Bonchev–Trinajstić information content (AvgIpc) is 1.93. The van der Waals surface area contributed by atoms with Gasteiger partial charge in [-0.2, -0.15) is 0 Å². The number of likely N-dealkylation sites (N-methyl/N-ethyl adjacent to an activating group) is 1. The lowest BCUT2D eigenvalue weighted by Crippen LogP contribution is -2.21. The van der Waals surface area contributed by atoms with Gasteiger partial charge in [0.25, 0.3) is 0 Å². The van der Waals surface area contributed by atoms with E-state index in [0.29, 0.717) is 6.10 Å². The van der Waals surface area contributed by atoms with Crippen LogP contribution in [0.3, 0.4) is 0 Å². The zero-order valence-electron chi connectivity index (χ0n) is 7.19. The van der Waals surface area contributed by atoms with Gasteiger partial charge in [-0.25, -0.2) is 0 Å². The molecule has 0 aromatic heterocycles. The Kier molecular flexibility index (Phi) is 14.0. The first-order valence-corrected chi connectivity index (χ1v) is 3.48. The minimum atomic E-state index is 0.338. The Bertz CT molecular complexity index is 39.9. The van der Waals surface area contributed by atoms with Gasteiger partial charge >= 0.3 is 0 Å². The molecule has 0 aliphatic rings. The predicted molar refractivity (Wildman–Crippen MR) is 41.7 cm³/mol. The summed E-state index contributed by atoms with van der Waals surface area (Å²) in [5.41, 5.74) is 0. The molecule has 9 heavy (non-hydrogen) atoms. The van der Waals surface area contributed by atoms with Gasteiger partial charge in [-0.05, 0) is 14.0 Å². The normalized spacial score (nSPS) is 11.7. The first-order chi connectivity index (χ1) is 4.31. The van der Waals surface area contributed by atoms with Crippen LogP contribution in [0.15, 0.2) is 0 Å². The monoisotopic (exact) mass is 133 g/mol. The number of rotatable bonds is 3. The molecule has 2 nitrogen and oxygen atoms in total. The van der Waals surface area contributed by atoms with Gasteiger partial charge in [0, 0.05) is 13.7 Å². The maximum atomic E-state index is 4.93. The van der Waals surface area contributed by atoms with E-state index in [2.05, 4.69) is 5.32 Å². The molecule has 1 atom stereocenters. The van der Waals surface area contributed by atoms with E-state index in [0.717, 1.165) is 6.54 Å². The van der Waals surface area contributed by atoms with E-state index in [1.165, 1.54) is 0 Å². The summed E-state index contributed by atoms with van der Waals surface area (Å²) in [4.78, 5) is 0. The van der Waals surface area contributed by atoms with Crippen LogP contribution in [0, 0.1) is 0 Å². The SMILES string of the molecule is CC.CNCC(C)OC. The topological polar surface area (TPSA) is 21.3 Å². The first kappa shape index (κ1) is 11.7. The maximum absolute atomic E-state index is 4.93. The van der Waals surface area contributed by atoms with Crippen molar-refractivity contribution >= 4 is 0 Å². The maximum Gasteiger partial charge on any atom is 0.0667 e.